The van der Waals surface area contributed by atoms with E-state index in [-0.39, 0.29) is 11.4 Å². The molecule has 0 saturated carbocycles. The van der Waals surface area contributed by atoms with E-state index in [1.165, 1.54) is 0 Å². The van der Waals surface area contributed by atoms with Crippen molar-refractivity contribution >= 4 is 23.5 Å². The van der Waals surface area contributed by atoms with Crippen LogP contribution in [0.25, 0.3) is 0 Å². The topological polar surface area (TPSA) is 58.9 Å². The number of benzene rings is 1. The van der Waals surface area contributed by atoms with E-state index in [0.29, 0.717) is 12.1 Å². The van der Waals surface area contributed by atoms with Crippen molar-refractivity contribution in [1.82, 2.24) is 0 Å². The van der Waals surface area contributed by atoms with Gasteiger partial charge in [-0.3, -0.25) is 0 Å². The molecule has 0 aliphatic heterocycles. The van der Waals surface area contributed by atoms with Crippen LogP contribution < -0.4 is 0 Å². The molecule has 1 rings (SSSR count). The van der Waals surface area contributed by atoms with Crippen LogP contribution in [0.4, 0.5) is 24.5 Å². The Morgan fingerprint density at radius 1 is 0.938 bits per heavy atom. The minimum atomic E-state index is -4.61. The van der Waals surface area contributed by atoms with Gasteiger partial charge in [0, 0.05) is 0 Å². The summed E-state index contributed by atoms with van der Waals surface area (Å²) in [6.45, 7) is 0. The maximum Gasteiger partial charge on any atom is 0.416 e. The fourth-order valence-corrected chi connectivity index (χ4v) is 0.993. The van der Waals surface area contributed by atoms with Crippen molar-refractivity contribution in [2.45, 2.75) is 6.18 Å². The maximum atomic E-state index is 12.3. The summed E-state index contributed by atoms with van der Waals surface area (Å²) in [5.74, 6) is 0. The van der Waals surface area contributed by atoms with Crippen molar-refractivity contribution in [2.75, 3.05) is 0 Å². The van der Waals surface area contributed by atoms with Crippen molar-refractivity contribution < 1.29 is 22.8 Å². The number of carbonyl (C=O) groups excluding carboxylic acids is 2. The van der Waals surface area contributed by atoms with Crippen molar-refractivity contribution in [1.29, 1.82) is 0 Å². The summed E-state index contributed by atoms with van der Waals surface area (Å²) >= 11 is 0. The Morgan fingerprint density at radius 3 is 1.69 bits per heavy atom. The van der Waals surface area contributed by atoms with E-state index >= 15 is 0 Å². The predicted octanol–water partition coefficient (Wildman–Crippen LogP) is 2.64. The van der Waals surface area contributed by atoms with Crippen LogP contribution in [0.3, 0.4) is 0 Å². The van der Waals surface area contributed by atoms with E-state index in [2.05, 4.69) is 9.98 Å². The molecule has 0 unspecified atom stereocenters. The lowest BCUT2D eigenvalue weighted by Crippen LogP contribution is -2.04. The number of aliphatic imine (C=N–C) groups is 2. The van der Waals surface area contributed by atoms with Gasteiger partial charge in [0.05, 0.1) is 16.9 Å². The van der Waals surface area contributed by atoms with Gasteiger partial charge >= 0.3 is 6.18 Å². The first kappa shape index (κ1) is 11.8. The Bertz CT molecular complexity index is 462. The Kier molecular flexibility index (Phi) is 3.35. The molecule has 16 heavy (non-hydrogen) atoms. The number of hydrogen-bond donors (Lipinski definition) is 0. The highest BCUT2D eigenvalue weighted by Gasteiger charge is 2.31. The lowest BCUT2D eigenvalue weighted by atomic mass is 10.1. The van der Waals surface area contributed by atoms with E-state index in [4.69, 9.17) is 0 Å². The van der Waals surface area contributed by atoms with Crippen molar-refractivity contribution in [3.8, 4) is 0 Å². The minimum absolute atomic E-state index is 0.279. The molecular formula is C9H3F3N2O2. The molecule has 0 spiro atoms. The summed E-state index contributed by atoms with van der Waals surface area (Å²) in [5, 5.41) is 0. The summed E-state index contributed by atoms with van der Waals surface area (Å²) in [7, 11) is 0. The van der Waals surface area contributed by atoms with Gasteiger partial charge in [0.2, 0.25) is 12.2 Å². The Labute approximate surface area is 87.1 Å². The number of alkyl halides is 3. The van der Waals surface area contributed by atoms with Crippen molar-refractivity contribution in [2.24, 2.45) is 9.98 Å². The lowest BCUT2D eigenvalue weighted by molar-refractivity contribution is -0.137. The maximum absolute atomic E-state index is 12.3. The first-order valence-corrected chi connectivity index (χ1v) is 3.85. The molecule has 82 valence electrons. The molecule has 4 nitrogen and oxygen atoms in total. The second kappa shape index (κ2) is 4.53. The number of halogens is 3. The van der Waals surface area contributed by atoms with Gasteiger partial charge < -0.3 is 0 Å². The average Bonchev–Trinajstić information content (AvgIpc) is 2.17. The van der Waals surface area contributed by atoms with Crippen LogP contribution in [0.5, 0.6) is 0 Å². The van der Waals surface area contributed by atoms with Gasteiger partial charge in [0.25, 0.3) is 0 Å². The molecule has 7 heteroatoms. The number of isocyanates is 2. The number of nitrogens with zero attached hydrogens (tertiary/aromatic N) is 2. The van der Waals surface area contributed by atoms with E-state index in [1.807, 2.05) is 0 Å². The molecule has 0 heterocycles. The third-order valence-electron chi connectivity index (χ3n) is 1.58. The molecule has 0 bridgehead atoms. The largest absolute Gasteiger partial charge is 0.416 e. The lowest BCUT2D eigenvalue weighted by Gasteiger charge is -2.07. The van der Waals surface area contributed by atoms with Crippen LogP contribution in [0, 0.1) is 0 Å². The number of hydrogen-bond acceptors (Lipinski definition) is 4. The summed E-state index contributed by atoms with van der Waals surface area (Å²) in [6, 6.07) is 2.33. The highest BCUT2D eigenvalue weighted by atomic mass is 19.4. The quantitative estimate of drug-likeness (QED) is 0.577. The van der Waals surface area contributed by atoms with Gasteiger partial charge in [-0.25, -0.2) is 9.59 Å². The third kappa shape index (κ3) is 2.88. The highest BCUT2D eigenvalue weighted by Crippen LogP contribution is 2.34. The van der Waals surface area contributed by atoms with Crippen LogP contribution in [0.2, 0.25) is 0 Å². The molecule has 0 N–H and O–H groups in total. The van der Waals surface area contributed by atoms with Gasteiger partial charge in [-0.2, -0.15) is 23.2 Å². The molecule has 0 aliphatic carbocycles. The van der Waals surface area contributed by atoms with E-state index in [9.17, 15) is 22.8 Å². The monoisotopic (exact) mass is 228 g/mol. The van der Waals surface area contributed by atoms with Crippen molar-refractivity contribution in [3.05, 3.63) is 23.8 Å². The van der Waals surface area contributed by atoms with Crippen LogP contribution in [0.15, 0.2) is 28.2 Å². The number of rotatable bonds is 2. The predicted molar refractivity (Wildman–Crippen MR) is 47.0 cm³/mol. The molecule has 0 fully saturated rings. The second-order valence-electron chi connectivity index (χ2n) is 2.64. The zero-order valence-corrected chi connectivity index (χ0v) is 7.58. The van der Waals surface area contributed by atoms with Crippen LogP contribution in [-0.2, 0) is 15.8 Å². The molecule has 0 saturated heterocycles. The van der Waals surface area contributed by atoms with Gasteiger partial charge in [0.1, 0.15) is 0 Å². The molecule has 1 aromatic rings. The molecule has 0 aromatic heterocycles. The third-order valence-corrected chi connectivity index (χ3v) is 1.58. The summed E-state index contributed by atoms with van der Waals surface area (Å²) in [6.07, 6.45) is -2.41. The zero-order valence-electron chi connectivity index (χ0n) is 7.58. The van der Waals surface area contributed by atoms with Gasteiger partial charge in [-0.1, -0.05) is 0 Å². The zero-order chi connectivity index (χ0) is 12.2. The summed E-state index contributed by atoms with van der Waals surface area (Å²) < 4.78 is 37.0. The van der Waals surface area contributed by atoms with E-state index in [1.54, 1.807) is 0 Å². The summed E-state index contributed by atoms with van der Waals surface area (Å²) in [5.41, 5.74) is -1.62. The SMILES string of the molecule is O=C=Nc1cc(N=C=O)cc(C(F)(F)F)c1. The van der Waals surface area contributed by atoms with E-state index in [0.717, 1.165) is 18.2 Å². The Morgan fingerprint density at radius 2 is 1.38 bits per heavy atom. The first-order valence-electron chi connectivity index (χ1n) is 3.85. The molecule has 0 aliphatic rings. The average molecular weight is 228 g/mol. The van der Waals surface area contributed by atoms with E-state index < -0.39 is 11.7 Å². The fourth-order valence-electron chi connectivity index (χ4n) is 0.993. The molecule has 0 atom stereocenters. The Balaban J connectivity index is 3.40. The fraction of sp³-hybridized carbons (Fsp3) is 0.111. The smallest absolute Gasteiger partial charge is 0.211 e. The standard InChI is InChI=1S/C9H3F3N2O2/c10-9(11,12)6-1-7(13-4-15)3-8(2-6)14-5-16/h1-3H. The van der Waals surface area contributed by atoms with Gasteiger partial charge in [0.15, 0.2) is 0 Å². The molecule has 0 radical (unpaired) electrons. The second-order valence-corrected chi connectivity index (χ2v) is 2.64. The van der Waals surface area contributed by atoms with Gasteiger partial charge in [-0.15, -0.1) is 0 Å². The van der Waals surface area contributed by atoms with Crippen molar-refractivity contribution in [3.63, 3.8) is 0 Å². The normalized spacial score (nSPS) is 10.2. The highest BCUT2D eigenvalue weighted by molar-refractivity contribution is 5.60. The first-order chi connectivity index (χ1) is 7.47. The van der Waals surface area contributed by atoms with Crippen LogP contribution in [-0.4, -0.2) is 12.2 Å². The molecule has 0 amide bonds. The summed E-state index contributed by atoms with van der Waals surface area (Å²) in [4.78, 5) is 25.9. The minimum Gasteiger partial charge on any atom is -0.211 e. The Hall–Kier alpha value is -2.23. The molecular weight excluding hydrogens is 225 g/mol. The molecule has 1 aromatic carbocycles. The van der Waals surface area contributed by atoms with Crippen LogP contribution in [0.1, 0.15) is 5.56 Å². The van der Waals surface area contributed by atoms with Gasteiger partial charge in [-0.05, 0) is 18.2 Å². The van der Waals surface area contributed by atoms with Crippen LogP contribution >= 0.6 is 0 Å².